The molecule has 24 heavy (non-hydrogen) atoms. The summed E-state index contributed by atoms with van der Waals surface area (Å²) in [7, 11) is 1.59. The van der Waals surface area contributed by atoms with E-state index in [-0.39, 0.29) is 17.4 Å². The second-order valence-corrected chi connectivity index (χ2v) is 7.67. The van der Waals surface area contributed by atoms with Crippen molar-refractivity contribution < 1.29 is 14.3 Å². The number of likely N-dealkylation sites (tertiary alicyclic amines) is 1. The molecule has 7 nitrogen and oxygen atoms in total. The molecule has 0 aliphatic carbocycles. The Labute approximate surface area is 142 Å². The van der Waals surface area contributed by atoms with Gasteiger partial charge in [-0.05, 0) is 32.9 Å². The van der Waals surface area contributed by atoms with Crippen molar-refractivity contribution in [3.05, 3.63) is 24.0 Å². The Morgan fingerprint density at radius 2 is 1.88 bits per heavy atom. The number of carbonyl (C=O) groups excluding carboxylic acids is 2. The van der Waals surface area contributed by atoms with E-state index in [1.165, 1.54) is 0 Å². The first-order valence-corrected chi connectivity index (χ1v) is 8.12. The van der Waals surface area contributed by atoms with Crippen molar-refractivity contribution >= 4 is 17.7 Å². The highest BCUT2D eigenvalue weighted by atomic mass is 16.6. The highest BCUT2D eigenvalue weighted by molar-refractivity contribution is 5.92. The van der Waals surface area contributed by atoms with Crippen molar-refractivity contribution in [1.82, 2.24) is 15.2 Å². The van der Waals surface area contributed by atoms with E-state index in [1.54, 1.807) is 24.2 Å². The summed E-state index contributed by atoms with van der Waals surface area (Å²) in [6.07, 6.45) is 1.49. The number of aromatic nitrogens is 1. The molecule has 3 heterocycles. The van der Waals surface area contributed by atoms with Crippen LogP contribution in [0.15, 0.2) is 18.3 Å². The number of hydrogen-bond donors (Lipinski definition) is 1. The second kappa shape index (κ2) is 5.65. The zero-order valence-electron chi connectivity index (χ0n) is 14.6. The molecule has 0 atom stereocenters. The Morgan fingerprint density at radius 3 is 2.38 bits per heavy atom. The zero-order valence-corrected chi connectivity index (χ0v) is 14.6. The van der Waals surface area contributed by atoms with E-state index in [1.807, 2.05) is 26.8 Å². The summed E-state index contributed by atoms with van der Waals surface area (Å²) in [5.74, 6) is -0.186. The van der Waals surface area contributed by atoms with Crippen molar-refractivity contribution in [3.63, 3.8) is 0 Å². The van der Waals surface area contributed by atoms with E-state index in [0.717, 1.165) is 31.9 Å². The smallest absolute Gasteiger partial charge is 0.410 e. The van der Waals surface area contributed by atoms with Gasteiger partial charge in [0.1, 0.15) is 11.3 Å². The second-order valence-electron chi connectivity index (χ2n) is 7.67. The molecule has 0 aromatic carbocycles. The van der Waals surface area contributed by atoms with Crippen LogP contribution in [0.3, 0.4) is 0 Å². The van der Waals surface area contributed by atoms with Gasteiger partial charge in [-0.2, -0.15) is 0 Å². The standard InChI is InChI=1S/C17H24N4O3/c1-16(2,3)24-15(23)21-10-17(11-21)8-20(9-17)12-5-6-13(19-7-12)14(22)18-4/h5-7H,8-11H2,1-4H3,(H,18,22). The summed E-state index contributed by atoms with van der Waals surface area (Å²) in [6.45, 7) is 8.90. The molecule has 0 unspecified atom stereocenters. The summed E-state index contributed by atoms with van der Waals surface area (Å²) < 4.78 is 5.39. The minimum atomic E-state index is -0.455. The quantitative estimate of drug-likeness (QED) is 0.888. The molecule has 2 saturated heterocycles. The molecular formula is C17H24N4O3. The van der Waals surface area contributed by atoms with E-state index < -0.39 is 5.60 Å². The van der Waals surface area contributed by atoms with Gasteiger partial charge in [0, 0.05) is 38.6 Å². The number of amides is 2. The number of hydrogen-bond acceptors (Lipinski definition) is 5. The minimum Gasteiger partial charge on any atom is -0.444 e. The van der Waals surface area contributed by atoms with Crippen molar-refractivity contribution in [3.8, 4) is 0 Å². The normalized spacial score (nSPS) is 18.7. The fraction of sp³-hybridized carbons (Fsp3) is 0.588. The summed E-state index contributed by atoms with van der Waals surface area (Å²) in [6, 6.07) is 3.64. The lowest BCUT2D eigenvalue weighted by atomic mass is 9.73. The Kier molecular flexibility index (Phi) is 3.89. The summed E-state index contributed by atoms with van der Waals surface area (Å²) in [4.78, 5) is 31.7. The molecule has 1 N–H and O–H groups in total. The van der Waals surface area contributed by atoms with Gasteiger partial charge in [0.25, 0.3) is 5.91 Å². The predicted octanol–water partition coefficient (Wildman–Crippen LogP) is 1.50. The number of ether oxygens (including phenoxy) is 1. The fourth-order valence-corrected chi connectivity index (χ4v) is 3.20. The fourth-order valence-electron chi connectivity index (χ4n) is 3.20. The maximum Gasteiger partial charge on any atom is 0.410 e. The molecule has 130 valence electrons. The van der Waals surface area contributed by atoms with Gasteiger partial charge in [0.2, 0.25) is 0 Å². The van der Waals surface area contributed by atoms with E-state index in [0.29, 0.717) is 5.69 Å². The van der Waals surface area contributed by atoms with Crippen LogP contribution < -0.4 is 10.2 Å². The molecular weight excluding hydrogens is 308 g/mol. The van der Waals surface area contributed by atoms with Gasteiger partial charge < -0.3 is 19.9 Å². The van der Waals surface area contributed by atoms with Crippen molar-refractivity contribution in [1.29, 1.82) is 0 Å². The predicted molar refractivity (Wildman–Crippen MR) is 90.1 cm³/mol. The Bertz CT molecular complexity index is 637. The molecule has 3 rings (SSSR count). The maximum atomic E-state index is 12.0. The van der Waals surface area contributed by atoms with Crippen LogP contribution in [0.25, 0.3) is 0 Å². The van der Waals surface area contributed by atoms with Gasteiger partial charge in [-0.15, -0.1) is 0 Å². The van der Waals surface area contributed by atoms with Crippen molar-refractivity contribution in [2.45, 2.75) is 26.4 Å². The molecule has 1 aromatic rings. The molecule has 1 aromatic heterocycles. The van der Waals surface area contributed by atoms with Crippen LogP contribution in [0.5, 0.6) is 0 Å². The monoisotopic (exact) mass is 332 g/mol. The molecule has 2 amide bonds. The average molecular weight is 332 g/mol. The Morgan fingerprint density at radius 1 is 1.21 bits per heavy atom. The third-order valence-corrected chi connectivity index (χ3v) is 4.33. The zero-order chi connectivity index (χ0) is 17.5. The Balaban J connectivity index is 1.50. The SMILES string of the molecule is CNC(=O)c1ccc(N2CC3(CN(C(=O)OC(C)(C)C)C3)C2)cn1. The van der Waals surface area contributed by atoms with Crippen LogP contribution >= 0.6 is 0 Å². The first-order valence-electron chi connectivity index (χ1n) is 8.12. The molecule has 2 aliphatic rings. The van der Waals surface area contributed by atoms with Crippen LogP contribution in [-0.2, 0) is 4.74 Å². The number of nitrogens with zero attached hydrogens (tertiary/aromatic N) is 3. The van der Waals surface area contributed by atoms with E-state index in [4.69, 9.17) is 4.74 Å². The highest BCUT2D eigenvalue weighted by Crippen LogP contribution is 2.42. The minimum absolute atomic E-state index is 0.177. The molecule has 2 fully saturated rings. The highest BCUT2D eigenvalue weighted by Gasteiger charge is 2.54. The molecule has 7 heteroatoms. The lowest BCUT2D eigenvalue weighted by Crippen LogP contribution is -2.73. The first kappa shape index (κ1) is 16.5. The maximum absolute atomic E-state index is 12.0. The first-order chi connectivity index (χ1) is 11.2. The van der Waals surface area contributed by atoms with Gasteiger partial charge in [-0.3, -0.25) is 4.79 Å². The molecule has 0 bridgehead atoms. The number of nitrogens with one attached hydrogen (secondary N) is 1. The van der Waals surface area contributed by atoms with Crippen LogP contribution in [0.1, 0.15) is 31.3 Å². The van der Waals surface area contributed by atoms with Crippen LogP contribution in [0.4, 0.5) is 10.5 Å². The number of pyridine rings is 1. The van der Waals surface area contributed by atoms with Crippen molar-refractivity contribution in [2.24, 2.45) is 5.41 Å². The van der Waals surface area contributed by atoms with Gasteiger partial charge in [-0.25, -0.2) is 9.78 Å². The van der Waals surface area contributed by atoms with E-state index >= 15 is 0 Å². The van der Waals surface area contributed by atoms with Crippen LogP contribution in [0.2, 0.25) is 0 Å². The molecule has 0 radical (unpaired) electrons. The summed E-state index contributed by atoms with van der Waals surface area (Å²) in [5.41, 5.74) is 1.14. The van der Waals surface area contributed by atoms with Crippen molar-refractivity contribution in [2.75, 3.05) is 38.1 Å². The van der Waals surface area contributed by atoms with E-state index in [9.17, 15) is 9.59 Å². The largest absolute Gasteiger partial charge is 0.444 e. The van der Waals surface area contributed by atoms with E-state index in [2.05, 4.69) is 15.2 Å². The lowest BCUT2D eigenvalue weighted by Gasteiger charge is -2.60. The summed E-state index contributed by atoms with van der Waals surface area (Å²) >= 11 is 0. The topological polar surface area (TPSA) is 74.8 Å². The third kappa shape index (κ3) is 3.16. The lowest BCUT2D eigenvalue weighted by molar-refractivity contribution is -0.0453. The Hall–Kier alpha value is -2.31. The number of carbonyl (C=O) groups is 2. The average Bonchev–Trinajstić information content (AvgIpc) is 2.42. The molecule has 1 spiro atoms. The van der Waals surface area contributed by atoms with Crippen LogP contribution in [-0.4, -0.2) is 60.7 Å². The van der Waals surface area contributed by atoms with Crippen LogP contribution in [0, 0.1) is 5.41 Å². The molecule has 2 aliphatic heterocycles. The van der Waals surface area contributed by atoms with Gasteiger partial charge in [0.05, 0.1) is 11.9 Å². The third-order valence-electron chi connectivity index (χ3n) is 4.33. The number of anilines is 1. The number of rotatable bonds is 2. The van der Waals surface area contributed by atoms with Gasteiger partial charge in [-0.1, -0.05) is 0 Å². The molecule has 0 saturated carbocycles. The van der Waals surface area contributed by atoms with Gasteiger partial charge in [0.15, 0.2) is 0 Å². The van der Waals surface area contributed by atoms with Gasteiger partial charge >= 0.3 is 6.09 Å². The summed E-state index contributed by atoms with van der Waals surface area (Å²) in [5, 5.41) is 2.56.